The second kappa shape index (κ2) is 8.13. The van der Waals surface area contributed by atoms with E-state index in [-0.39, 0.29) is 5.02 Å². The van der Waals surface area contributed by atoms with Crippen molar-refractivity contribution in [2.75, 3.05) is 5.43 Å². The van der Waals surface area contributed by atoms with Gasteiger partial charge in [0.25, 0.3) is 5.56 Å². The SMILES string of the molecule is CC(C)CCC(=NNc1cn[nH]c(=O)c1Cl)c1ccc(Cl)cc1. The van der Waals surface area contributed by atoms with Gasteiger partial charge in [-0.05, 0) is 36.5 Å². The first kappa shape index (κ1) is 17.5. The van der Waals surface area contributed by atoms with Crippen molar-refractivity contribution in [1.29, 1.82) is 0 Å². The van der Waals surface area contributed by atoms with Crippen molar-refractivity contribution in [1.82, 2.24) is 10.2 Å². The first-order valence-electron chi connectivity index (χ1n) is 7.29. The number of H-pyrrole nitrogens is 1. The van der Waals surface area contributed by atoms with E-state index in [1.54, 1.807) is 0 Å². The van der Waals surface area contributed by atoms with Crippen LogP contribution in [0, 0.1) is 5.92 Å². The quantitative estimate of drug-likeness (QED) is 0.600. The monoisotopic (exact) mass is 352 g/mol. The number of nitrogens with one attached hydrogen (secondary N) is 2. The van der Waals surface area contributed by atoms with Gasteiger partial charge in [0.05, 0.1) is 11.9 Å². The molecular formula is C16H18Cl2N4O. The number of hydrogen-bond acceptors (Lipinski definition) is 4. The molecule has 23 heavy (non-hydrogen) atoms. The fourth-order valence-corrected chi connectivity index (χ4v) is 2.18. The summed E-state index contributed by atoms with van der Waals surface area (Å²) in [7, 11) is 0. The highest BCUT2D eigenvalue weighted by atomic mass is 35.5. The van der Waals surface area contributed by atoms with Crippen LogP contribution in [-0.4, -0.2) is 15.9 Å². The smallest absolute Gasteiger partial charge is 0.275 e. The predicted molar refractivity (Wildman–Crippen MR) is 95.6 cm³/mol. The van der Waals surface area contributed by atoms with Crippen molar-refractivity contribution >= 4 is 34.6 Å². The van der Waals surface area contributed by atoms with Gasteiger partial charge in [-0.3, -0.25) is 10.2 Å². The Labute approximate surface area is 144 Å². The summed E-state index contributed by atoms with van der Waals surface area (Å²) in [5.74, 6) is 0.553. The van der Waals surface area contributed by atoms with E-state index < -0.39 is 5.56 Å². The lowest BCUT2D eigenvalue weighted by molar-refractivity contribution is 0.603. The van der Waals surface area contributed by atoms with Crippen LogP contribution in [0.1, 0.15) is 32.3 Å². The summed E-state index contributed by atoms with van der Waals surface area (Å²) < 4.78 is 0. The molecule has 0 radical (unpaired) electrons. The Hall–Kier alpha value is -1.85. The van der Waals surface area contributed by atoms with Gasteiger partial charge in [-0.25, -0.2) is 5.10 Å². The van der Waals surface area contributed by atoms with Crippen LogP contribution in [0.4, 0.5) is 5.69 Å². The van der Waals surface area contributed by atoms with Crippen LogP contribution in [0.2, 0.25) is 10.0 Å². The van der Waals surface area contributed by atoms with Crippen molar-refractivity contribution in [3.8, 4) is 0 Å². The van der Waals surface area contributed by atoms with Crippen molar-refractivity contribution in [2.45, 2.75) is 26.7 Å². The normalized spacial score (nSPS) is 11.8. The largest absolute Gasteiger partial charge is 0.285 e. The Morgan fingerprint density at radius 3 is 2.65 bits per heavy atom. The van der Waals surface area contributed by atoms with Gasteiger partial charge in [-0.1, -0.05) is 49.2 Å². The average molecular weight is 353 g/mol. The number of hydrazone groups is 1. The summed E-state index contributed by atoms with van der Waals surface area (Å²) in [5, 5.41) is 11.1. The molecular weight excluding hydrogens is 335 g/mol. The minimum absolute atomic E-state index is 0.0306. The Morgan fingerprint density at radius 2 is 2.00 bits per heavy atom. The van der Waals surface area contributed by atoms with E-state index in [0.717, 1.165) is 24.1 Å². The second-order valence-electron chi connectivity index (χ2n) is 5.54. The third-order valence-electron chi connectivity index (χ3n) is 3.24. The van der Waals surface area contributed by atoms with Gasteiger partial charge in [0.2, 0.25) is 0 Å². The van der Waals surface area contributed by atoms with Gasteiger partial charge in [-0.2, -0.15) is 10.2 Å². The molecule has 0 bridgehead atoms. The number of rotatable bonds is 6. The van der Waals surface area contributed by atoms with E-state index in [4.69, 9.17) is 23.2 Å². The van der Waals surface area contributed by atoms with Crippen molar-refractivity contribution < 1.29 is 0 Å². The van der Waals surface area contributed by atoms with Gasteiger partial charge >= 0.3 is 0 Å². The predicted octanol–water partition coefficient (Wildman–Crippen LogP) is 4.33. The van der Waals surface area contributed by atoms with Gasteiger partial charge in [0.15, 0.2) is 0 Å². The van der Waals surface area contributed by atoms with E-state index in [9.17, 15) is 4.79 Å². The van der Waals surface area contributed by atoms with Gasteiger partial charge in [-0.15, -0.1) is 0 Å². The molecule has 122 valence electrons. The van der Waals surface area contributed by atoms with Crippen LogP contribution < -0.4 is 11.0 Å². The first-order valence-corrected chi connectivity index (χ1v) is 8.04. The minimum Gasteiger partial charge on any atom is -0.275 e. The molecule has 1 heterocycles. The zero-order valence-corrected chi connectivity index (χ0v) is 14.4. The molecule has 1 aromatic heterocycles. The summed E-state index contributed by atoms with van der Waals surface area (Å²) in [5.41, 5.74) is 4.58. The van der Waals surface area contributed by atoms with Crippen molar-refractivity contribution in [3.05, 3.63) is 56.4 Å². The number of anilines is 1. The van der Waals surface area contributed by atoms with E-state index >= 15 is 0 Å². The molecule has 2 aromatic rings. The zero-order valence-electron chi connectivity index (χ0n) is 12.9. The Morgan fingerprint density at radius 1 is 1.30 bits per heavy atom. The summed E-state index contributed by atoms with van der Waals surface area (Å²) in [6.45, 7) is 4.31. The molecule has 0 aliphatic carbocycles. The molecule has 0 saturated heterocycles. The maximum absolute atomic E-state index is 11.5. The minimum atomic E-state index is -0.456. The number of aromatic amines is 1. The Bertz CT molecular complexity index is 738. The second-order valence-corrected chi connectivity index (χ2v) is 6.35. The molecule has 0 unspecified atom stereocenters. The topological polar surface area (TPSA) is 70.1 Å². The van der Waals surface area contributed by atoms with Crippen molar-refractivity contribution in [2.24, 2.45) is 11.0 Å². The molecule has 0 fully saturated rings. The molecule has 0 spiro atoms. The molecule has 5 nitrogen and oxygen atoms in total. The Kier molecular flexibility index (Phi) is 6.19. The highest BCUT2D eigenvalue weighted by Crippen LogP contribution is 2.17. The van der Waals surface area contributed by atoms with Gasteiger partial charge < -0.3 is 0 Å². The third kappa shape index (κ3) is 5.08. The summed E-state index contributed by atoms with van der Waals surface area (Å²) >= 11 is 11.9. The van der Waals surface area contributed by atoms with E-state index in [1.165, 1.54) is 6.20 Å². The maximum atomic E-state index is 11.5. The van der Waals surface area contributed by atoms with Crippen LogP contribution >= 0.6 is 23.2 Å². The van der Waals surface area contributed by atoms with Gasteiger partial charge in [0, 0.05) is 5.02 Å². The molecule has 2 rings (SSSR count). The number of benzene rings is 1. The van der Waals surface area contributed by atoms with Crippen LogP contribution in [-0.2, 0) is 0 Å². The number of hydrogen-bond donors (Lipinski definition) is 2. The highest BCUT2D eigenvalue weighted by molar-refractivity contribution is 6.33. The van der Waals surface area contributed by atoms with Crippen molar-refractivity contribution in [3.63, 3.8) is 0 Å². The molecule has 0 amide bonds. The summed E-state index contributed by atoms with van der Waals surface area (Å²) in [6, 6.07) is 7.48. The highest BCUT2D eigenvalue weighted by Gasteiger charge is 2.08. The van der Waals surface area contributed by atoms with Crippen LogP contribution in [0.3, 0.4) is 0 Å². The van der Waals surface area contributed by atoms with Crippen LogP contribution in [0.15, 0.2) is 40.4 Å². The molecule has 0 saturated carbocycles. The summed E-state index contributed by atoms with van der Waals surface area (Å²) in [6.07, 6.45) is 3.21. The molecule has 0 aliphatic rings. The Balaban J connectivity index is 2.26. The van der Waals surface area contributed by atoms with E-state index in [1.807, 2.05) is 24.3 Å². The lowest BCUT2D eigenvalue weighted by Crippen LogP contribution is -2.11. The molecule has 7 heteroatoms. The van der Waals surface area contributed by atoms with Gasteiger partial charge in [0.1, 0.15) is 10.7 Å². The average Bonchev–Trinajstić information content (AvgIpc) is 2.52. The molecule has 2 N–H and O–H groups in total. The maximum Gasteiger partial charge on any atom is 0.285 e. The van der Waals surface area contributed by atoms with E-state index in [2.05, 4.69) is 34.6 Å². The lowest BCUT2D eigenvalue weighted by atomic mass is 10.0. The fraction of sp³-hybridized carbons (Fsp3) is 0.312. The van der Waals surface area contributed by atoms with E-state index in [0.29, 0.717) is 16.6 Å². The van der Waals surface area contributed by atoms with Crippen LogP contribution in [0.25, 0.3) is 0 Å². The zero-order chi connectivity index (χ0) is 16.8. The summed E-state index contributed by atoms with van der Waals surface area (Å²) in [4.78, 5) is 11.5. The number of halogens is 2. The third-order valence-corrected chi connectivity index (χ3v) is 3.87. The molecule has 1 aromatic carbocycles. The first-order chi connectivity index (χ1) is 11.0. The van der Waals surface area contributed by atoms with Crippen LogP contribution in [0.5, 0.6) is 0 Å². The molecule has 0 aliphatic heterocycles. The number of nitrogens with zero attached hydrogens (tertiary/aromatic N) is 2. The standard InChI is InChI=1S/C16H18Cl2N4O/c1-10(2)3-8-13(11-4-6-12(17)7-5-11)20-21-14-9-19-22-16(23)15(14)18/h4-7,9-10H,3,8H2,1-2H3,(H2,21,22,23). The fourth-order valence-electron chi connectivity index (χ4n) is 1.92. The lowest BCUT2D eigenvalue weighted by Gasteiger charge is -2.10. The number of aromatic nitrogens is 2. The molecule has 0 atom stereocenters.